The van der Waals surface area contributed by atoms with Crippen LogP contribution in [0.15, 0.2) is 134 Å². The van der Waals surface area contributed by atoms with Crippen LogP contribution >= 0.6 is 0 Å². The lowest BCUT2D eigenvalue weighted by molar-refractivity contribution is 0.527. The first-order valence-electron chi connectivity index (χ1n) is 15.4. The first kappa shape index (κ1) is 23.6. The van der Waals surface area contributed by atoms with Gasteiger partial charge in [0.1, 0.15) is 0 Å². The molecule has 2 fully saturated rings. The van der Waals surface area contributed by atoms with Crippen molar-refractivity contribution in [3.63, 3.8) is 0 Å². The second-order valence-electron chi connectivity index (χ2n) is 13.3. The highest BCUT2D eigenvalue weighted by Gasteiger charge is 2.48. The third-order valence-electron chi connectivity index (χ3n) is 11.0. The number of rotatable bonds is 2. The van der Waals surface area contributed by atoms with Crippen molar-refractivity contribution < 1.29 is 0 Å². The monoisotopic (exact) mass is 532 g/mol. The summed E-state index contributed by atoms with van der Waals surface area (Å²) < 4.78 is 0. The van der Waals surface area contributed by atoms with Gasteiger partial charge in [0.05, 0.1) is 24.2 Å². The van der Waals surface area contributed by atoms with Crippen molar-refractivity contribution in [2.75, 3.05) is 9.80 Å². The van der Waals surface area contributed by atoms with Crippen molar-refractivity contribution >= 4 is 11.4 Å². The van der Waals surface area contributed by atoms with E-state index in [1.165, 1.54) is 33.6 Å². The van der Waals surface area contributed by atoms with E-state index in [9.17, 15) is 0 Å². The lowest BCUT2D eigenvalue weighted by Gasteiger charge is -2.34. The standard InChI is InChI=1S/C39H36N2/c1-39(2)33-23-25(40-35-15-7-3-11-29(35)30-12-4-8-16-36(30)40)19-21-27(33)28-22-20-26(24-34(28)39)41-37-17-9-5-13-31(37)32-14-6-10-18-38(32)41/h3-24,29-32,35-38H,1-2H3. The van der Waals surface area contributed by atoms with Gasteiger partial charge in [-0.3, -0.25) is 0 Å². The Hall–Kier alpha value is -4.04. The summed E-state index contributed by atoms with van der Waals surface area (Å²) in [6.45, 7) is 4.85. The van der Waals surface area contributed by atoms with E-state index in [1.54, 1.807) is 0 Å². The molecule has 5 aliphatic carbocycles. The first-order chi connectivity index (χ1) is 20.1. The SMILES string of the molecule is CC1(C)c2cc(N3C4C=CC=CC4C4C=CC=CC43)ccc2-c2ccc(N3C4C=CC=CC4C4C=CC=CC43)cc21. The molecule has 0 saturated carbocycles. The predicted octanol–water partition coefficient (Wildman–Crippen LogP) is 8.08. The Labute approximate surface area is 243 Å². The summed E-state index contributed by atoms with van der Waals surface area (Å²) >= 11 is 0. The van der Waals surface area contributed by atoms with Gasteiger partial charge in [-0.1, -0.05) is 123 Å². The second kappa shape index (κ2) is 8.49. The fraction of sp³-hybridized carbons (Fsp3) is 0.282. The molecule has 41 heavy (non-hydrogen) atoms. The topological polar surface area (TPSA) is 6.48 Å². The molecule has 7 aliphatic rings. The van der Waals surface area contributed by atoms with Crippen LogP contribution in [0.4, 0.5) is 11.4 Å². The third-order valence-corrected chi connectivity index (χ3v) is 11.0. The van der Waals surface area contributed by atoms with Gasteiger partial charge in [-0.25, -0.2) is 0 Å². The van der Waals surface area contributed by atoms with E-state index in [4.69, 9.17) is 0 Å². The average molecular weight is 533 g/mol. The maximum atomic E-state index is 2.68. The first-order valence-corrected chi connectivity index (χ1v) is 15.4. The largest absolute Gasteiger partial charge is 0.357 e. The van der Waals surface area contributed by atoms with Crippen molar-refractivity contribution in [3.8, 4) is 11.1 Å². The Kier molecular flexibility index (Phi) is 4.89. The molecule has 2 saturated heterocycles. The van der Waals surface area contributed by atoms with Gasteiger partial charge in [-0.2, -0.15) is 0 Å². The molecule has 2 aromatic rings. The molecule has 0 spiro atoms. The van der Waals surface area contributed by atoms with Crippen LogP contribution in [0.25, 0.3) is 11.1 Å². The van der Waals surface area contributed by atoms with Crippen LogP contribution in [0.1, 0.15) is 25.0 Å². The number of anilines is 2. The molecule has 0 bridgehead atoms. The lowest BCUT2D eigenvalue weighted by Crippen LogP contribution is -2.37. The van der Waals surface area contributed by atoms with E-state index in [1.807, 2.05) is 0 Å². The summed E-state index contributed by atoms with van der Waals surface area (Å²) in [5.41, 5.74) is 8.31. The van der Waals surface area contributed by atoms with Crippen LogP contribution in [0.5, 0.6) is 0 Å². The molecule has 2 aliphatic heterocycles. The number of hydrogen-bond donors (Lipinski definition) is 0. The number of benzene rings is 2. The second-order valence-corrected chi connectivity index (χ2v) is 13.3. The summed E-state index contributed by atoms with van der Waals surface area (Å²) in [5.74, 6) is 2.08. The van der Waals surface area contributed by atoms with Crippen LogP contribution < -0.4 is 9.80 Å². The molecule has 202 valence electrons. The Morgan fingerprint density at radius 2 is 0.756 bits per heavy atom. The van der Waals surface area contributed by atoms with Gasteiger partial charge >= 0.3 is 0 Å². The van der Waals surface area contributed by atoms with Gasteiger partial charge in [-0.05, 0) is 46.5 Å². The summed E-state index contributed by atoms with van der Waals surface area (Å²) in [7, 11) is 0. The van der Waals surface area contributed by atoms with E-state index < -0.39 is 0 Å². The van der Waals surface area contributed by atoms with Gasteiger partial charge in [0.15, 0.2) is 0 Å². The molecule has 0 N–H and O–H groups in total. The van der Waals surface area contributed by atoms with E-state index >= 15 is 0 Å². The third kappa shape index (κ3) is 3.19. The molecular formula is C39H36N2. The summed E-state index contributed by atoms with van der Waals surface area (Å²) in [5, 5.41) is 0. The molecule has 0 aromatic heterocycles. The average Bonchev–Trinajstić information content (AvgIpc) is 3.61. The molecule has 2 heterocycles. The maximum absolute atomic E-state index is 2.68. The highest BCUT2D eigenvalue weighted by Crippen LogP contribution is 2.53. The van der Waals surface area contributed by atoms with Crippen molar-refractivity contribution in [2.45, 2.75) is 43.4 Å². The zero-order valence-corrected chi connectivity index (χ0v) is 23.7. The smallest absolute Gasteiger partial charge is 0.0551 e. The van der Waals surface area contributed by atoms with Crippen LogP contribution in [0, 0.1) is 23.7 Å². The highest BCUT2D eigenvalue weighted by molar-refractivity contribution is 5.84. The van der Waals surface area contributed by atoms with E-state index in [2.05, 4.69) is 157 Å². The van der Waals surface area contributed by atoms with Gasteiger partial charge in [0.2, 0.25) is 0 Å². The Bertz CT molecular complexity index is 1500. The molecule has 9 rings (SSSR count). The zero-order valence-electron chi connectivity index (χ0n) is 23.7. The fourth-order valence-corrected chi connectivity index (χ4v) is 9.11. The number of allylic oxidation sites excluding steroid dienone is 8. The molecule has 2 nitrogen and oxygen atoms in total. The Morgan fingerprint density at radius 1 is 0.439 bits per heavy atom. The van der Waals surface area contributed by atoms with Crippen LogP contribution in [-0.2, 0) is 5.41 Å². The van der Waals surface area contributed by atoms with Crippen LogP contribution in [0.2, 0.25) is 0 Å². The minimum atomic E-state index is -0.0665. The summed E-state index contributed by atoms with van der Waals surface area (Å²) in [6.07, 6.45) is 37.2. The normalized spacial score (nSPS) is 35.4. The molecule has 0 radical (unpaired) electrons. The predicted molar refractivity (Wildman–Crippen MR) is 171 cm³/mol. The van der Waals surface area contributed by atoms with Crippen LogP contribution in [-0.4, -0.2) is 24.2 Å². The minimum absolute atomic E-state index is 0.0665. The van der Waals surface area contributed by atoms with Gasteiger partial charge < -0.3 is 9.80 Å². The zero-order chi connectivity index (χ0) is 27.3. The quantitative estimate of drug-likeness (QED) is 0.386. The van der Waals surface area contributed by atoms with Gasteiger partial charge in [0.25, 0.3) is 0 Å². The van der Waals surface area contributed by atoms with Crippen molar-refractivity contribution in [3.05, 3.63) is 145 Å². The lowest BCUT2D eigenvalue weighted by atomic mass is 9.82. The number of fused-ring (bicyclic) bond motifs is 9. The van der Waals surface area contributed by atoms with Crippen molar-refractivity contribution in [1.29, 1.82) is 0 Å². The minimum Gasteiger partial charge on any atom is -0.357 e. The van der Waals surface area contributed by atoms with Gasteiger partial charge in [-0.15, -0.1) is 0 Å². The van der Waals surface area contributed by atoms with E-state index in [0.717, 1.165) is 0 Å². The number of nitrogens with zero attached hydrogens (tertiary/aromatic N) is 2. The van der Waals surface area contributed by atoms with Gasteiger partial charge in [0, 0.05) is 40.5 Å². The van der Waals surface area contributed by atoms with Crippen molar-refractivity contribution in [2.24, 2.45) is 23.7 Å². The molecule has 2 heteroatoms. The molecule has 0 amide bonds. The summed E-state index contributed by atoms with van der Waals surface area (Å²) in [6, 6.07) is 16.2. The van der Waals surface area contributed by atoms with E-state index in [-0.39, 0.29) is 5.41 Å². The molecule has 8 atom stereocenters. The van der Waals surface area contributed by atoms with Crippen LogP contribution in [0.3, 0.4) is 0 Å². The molecule has 2 aromatic carbocycles. The Morgan fingerprint density at radius 3 is 1.10 bits per heavy atom. The van der Waals surface area contributed by atoms with Crippen molar-refractivity contribution in [1.82, 2.24) is 0 Å². The Balaban J connectivity index is 1.11. The fourth-order valence-electron chi connectivity index (χ4n) is 9.11. The highest BCUT2D eigenvalue weighted by atomic mass is 15.2. The number of hydrogen-bond acceptors (Lipinski definition) is 2. The van der Waals surface area contributed by atoms with E-state index in [0.29, 0.717) is 47.8 Å². The molecular weight excluding hydrogens is 496 g/mol. The maximum Gasteiger partial charge on any atom is 0.0551 e. The molecule has 8 unspecified atom stereocenters. The summed E-state index contributed by atoms with van der Waals surface area (Å²) in [4.78, 5) is 5.35.